The molecule has 9 nitrogen and oxygen atoms in total. The number of aromatic nitrogens is 2. The Morgan fingerprint density at radius 3 is 2.41 bits per heavy atom. The van der Waals surface area contributed by atoms with Crippen LogP contribution in [0.1, 0.15) is 78.5 Å². The molecule has 7 rings (SSSR count). The minimum atomic E-state index is -1.10. The average Bonchev–Trinajstić information content (AvgIpc) is 3.56. The Kier molecular flexibility index (Phi) is 8.31. The van der Waals surface area contributed by atoms with E-state index in [-0.39, 0.29) is 11.3 Å². The third kappa shape index (κ3) is 5.46. The first-order chi connectivity index (χ1) is 22.3. The van der Waals surface area contributed by atoms with Gasteiger partial charge in [0, 0.05) is 37.2 Å². The number of amides is 2. The van der Waals surface area contributed by atoms with Gasteiger partial charge >= 0.3 is 6.09 Å². The Bertz CT molecular complexity index is 1700. The number of fused-ring (bicyclic) bond motifs is 2. The predicted octanol–water partition coefficient (Wildman–Crippen LogP) is 5.10. The van der Waals surface area contributed by atoms with Gasteiger partial charge in [0.05, 0.1) is 18.3 Å². The van der Waals surface area contributed by atoms with Crippen LogP contribution in [0.5, 0.6) is 5.75 Å². The lowest BCUT2D eigenvalue weighted by molar-refractivity contribution is 0.0559. The summed E-state index contributed by atoms with van der Waals surface area (Å²) in [6.07, 6.45) is 6.56. The van der Waals surface area contributed by atoms with E-state index in [4.69, 9.17) is 4.74 Å². The van der Waals surface area contributed by atoms with Crippen LogP contribution in [0.3, 0.4) is 0 Å². The number of likely N-dealkylation sites (tertiary alicyclic amines) is 2. The number of carbonyl (C=O) groups is 2. The number of hydrogen-bond donors (Lipinski definition) is 0. The van der Waals surface area contributed by atoms with Gasteiger partial charge in [-0.2, -0.15) is 5.10 Å². The van der Waals surface area contributed by atoms with Crippen LogP contribution in [0.4, 0.5) is 18.0 Å². The monoisotopic (exact) mass is 635 g/mol. The molecule has 0 aliphatic carbocycles. The van der Waals surface area contributed by atoms with E-state index >= 15 is 4.39 Å². The minimum Gasteiger partial charge on any atom is -0.403 e. The van der Waals surface area contributed by atoms with Gasteiger partial charge in [-0.1, -0.05) is 30.7 Å². The first kappa shape index (κ1) is 30.5. The number of ether oxygens (including phenoxy) is 1. The van der Waals surface area contributed by atoms with Gasteiger partial charge in [0.1, 0.15) is 5.82 Å². The Morgan fingerprint density at radius 2 is 1.65 bits per heavy atom. The third-order valence-corrected chi connectivity index (χ3v) is 10.1. The predicted molar refractivity (Wildman–Crippen MR) is 162 cm³/mol. The topological polar surface area (TPSA) is 88.0 Å². The molecule has 0 saturated carbocycles. The molecule has 0 spiro atoms. The molecular weight excluding hydrogens is 599 g/mol. The zero-order valence-corrected chi connectivity index (χ0v) is 25.4. The van der Waals surface area contributed by atoms with Crippen LogP contribution >= 0.6 is 0 Å². The Morgan fingerprint density at radius 1 is 0.891 bits per heavy atom. The van der Waals surface area contributed by atoms with Crippen LogP contribution in [0.2, 0.25) is 0 Å². The van der Waals surface area contributed by atoms with Crippen LogP contribution < -0.4 is 10.2 Å². The molecule has 242 valence electrons. The van der Waals surface area contributed by atoms with Gasteiger partial charge in [0.15, 0.2) is 17.3 Å². The summed E-state index contributed by atoms with van der Waals surface area (Å²) in [6, 6.07) is 8.41. The second-order valence-corrected chi connectivity index (χ2v) is 12.7. The highest BCUT2D eigenvalue weighted by atomic mass is 19.2. The van der Waals surface area contributed by atoms with Crippen LogP contribution in [0, 0.1) is 17.5 Å². The second kappa shape index (κ2) is 12.5. The molecule has 0 N–H and O–H groups in total. The summed E-state index contributed by atoms with van der Waals surface area (Å²) in [7, 11) is 0. The van der Waals surface area contributed by atoms with Crippen molar-refractivity contribution in [3.63, 3.8) is 0 Å². The van der Waals surface area contributed by atoms with Crippen molar-refractivity contribution >= 4 is 12.0 Å². The summed E-state index contributed by atoms with van der Waals surface area (Å²) in [5, 5.41) is 4.34. The average molecular weight is 636 g/mol. The molecule has 3 aromatic rings. The highest BCUT2D eigenvalue weighted by molar-refractivity contribution is 5.97. The highest BCUT2D eigenvalue weighted by Crippen LogP contribution is 2.46. The Balaban J connectivity index is 1.26. The third-order valence-electron chi connectivity index (χ3n) is 10.1. The number of piperidine rings is 2. The fourth-order valence-corrected chi connectivity index (χ4v) is 7.90. The maximum Gasteiger partial charge on any atom is 0.415 e. The van der Waals surface area contributed by atoms with Crippen LogP contribution in [0.25, 0.3) is 0 Å². The van der Waals surface area contributed by atoms with Gasteiger partial charge < -0.3 is 19.4 Å². The van der Waals surface area contributed by atoms with Crippen molar-refractivity contribution in [2.45, 2.75) is 69.0 Å². The number of carbonyl (C=O) groups excluding carboxylic acids is 2. The van der Waals surface area contributed by atoms with Crippen molar-refractivity contribution in [1.82, 2.24) is 24.5 Å². The largest absolute Gasteiger partial charge is 0.415 e. The van der Waals surface area contributed by atoms with E-state index in [0.29, 0.717) is 44.1 Å². The number of nitrogens with zero attached hydrogens (tertiary/aromatic N) is 5. The van der Waals surface area contributed by atoms with Crippen molar-refractivity contribution < 1.29 is 27.5 Å². The number of hydrogen-bond acceptors (Lipinski definition) is 6. The molecule has 0 radical (unpaired) electrons. The van der Waals surface area contributed by atoms with Crippen LogP contribution in [-0.2, 0) is 0 Å². The standard InChI is InChI=1S/C34H36F3N5O4/c35-22-8-4-7-21(19-22)28(24-9-5-10-25(36)29(24)37)30-26-11-6-16-41(26)33(44)31-32(27(43)20-38-42(30)31)46-34(45)40-17-12-23(13-18-40)39-14-2-1-3-15-39/h4-5,7-10,19-20,23,26,28,30H,1-3,6,11-18H2/t26-,28-,30-/m1/s1. The highest BCUT2D eigenvalue weighted by Gasteiger charge is 2.49. The van der Waals surface area contributed by atoms with Crippen LogP contribution in [0.15, 0.2) is 53.5 Å². The molecule has 12 heteroatoms. The molecule has 2 amide bonds. The SMILES string of the molecule is O=C(Oc1c2n(ncc1=O)[C@@H]([C@H](c1cccc(F)c1)c1cccc(F)c1F)[C@H]1CCCN1C2=O)N1CCC(N2CCCCC2)CC1. The molecule has 4 aliphatic rings. The van der Waals surface area contributed by atoms with Gasteiger partial charge in [-0.15, -0.1) is 0 Å². The summed E-state index contributed by atoms with van der Waals surface area (Å²) < 4.78 is 51.9. The maximum absolute atomic E-state index is 15.6. The molecule has 5 heterocycles. The molecular formula is C34H36F3N5O4. The first-order valence-corrected chi connectivity index (χ1v) is 16.1. The first-order valence-electron chi connectivity index (χ1n) is 16.1. The van der Waals surface area contributed by atoms with Gasteiger partial charge in [0.25, 0.3) is 5.91 Å². The van der Waals surface area contributed by atoms with Gasteiger partial charge in [-0.3, -0.25) is 9.59 Å². The molecule has 0 unspecified atom stereocenters. The lowest BCUT2D eigenvalue weighted by atomic mass is 9.79. The number of halogens is 3. The van der Waals surface area contributed by atoms with E-state index in [1.165, 1.54) is 54.3 Å². The summed E-state index contributed by atoms with van der Waals surface area (Å²) in [4.78, 5) is 46.3. The molecule has 4 aliphatic heterocycles. The summed E-state index contributed by atoms with van der Waals surface area (Å²) in [6.45, 7) is 3.39. The molecule has 3 fully saturated rings. The molecule has 3 atom stereocenters. The van der Waals surface area contributed by atoms with E-state index in [0.717, 1.165) is 38.2 Å². The van der Waals surface area contributed by atoms with Gasteiger partial charge in [0.2, 0.25) is 11.2 Å². The molecule has 1 aromatic heterocycles. The summed E-state index contributed by atoms with van der Waals surface area (Å²) >= 11 is 0. The van der Waals surface area contributed by atoms with Crippen LogP contribution in [-0.4, -0.2) is 81.3 Å². The minimum absolute atomic E-state index is 0.0432. The smallest absolute Gasteiger partial charge is 0.403 e. The van der Waals surface area contributed by atoms with E-state index in [9.17, 15) is 23.2 Å². The second-order valence-electron chi connectivity index (χ2n) is 12.7. The van der Waals surface area contributed by atoms with E-state index < -0.39 is 58.6 Å². The van der Waals surface area contributed by atoms with E-state index in [1.807, 2.05) is 0 Å². The molecule has 3 saturated heterocycles. The molecule has 46 heavy (non-hydrogen) atoms. The van der Waals surface area contributed by atoms with E-state index in [1.54, 1.807) is 15.9 Å². The quantitative estimate of drug-likeness (QED) is 0.388. The molecule has 0 bridgehead atoms. The fraction of sp³-hybridized carbons (Fsp3) is 0.471. The maximum atomic E-state index is 15.6. The Labute approximate surface area is 264 Å². The lowest BCUT2D eigenvalue weighted by Crippen LogP contribution is -2.52. The van der Waals surface area contributed by atoms with Crippen molar-refractivity contribution in [2.24, 2.45) is 0 Å². The zero-order valence-electron chi connectivity index (χ0n) is 25.4. The zero-order chi connectivity index (χ0) is 31.9. The molecule has 2 aromatic carbocycles. The number of benzene rings is 2. The number of rotatable bonds is 5. The summed E-state index contributed by atoms with van der Waals surface area (Å²) in [5.74, 6) is -4.72. The Hall–Kier alpha value is -4.19. The lowest BCUT2D eigenvalue weighted by Gasteiger charge is -2.43. The fourth-order valence-electron chi connectivity index (χ4n) is 7.90. The van der Waals surface area contributed by atoms with Gasteiger partial charge in [-0.25, -0.2) is 22.6 Å². The van der Waals surface area contributed by atoms with Crippen molar-refractivity contribution in [3.8, 4) is 5.75 Å². The van der Waals surface area contributed by atoms with E-state index in [2.05, 4.69) is 10.00 Å². The van der Waals surface area contributed by atoms with Crippen molar-refractivity contribution in [3.05, 3.63) is 93.2 Å². The summed E-state index contributed by atoms with van der Waals surface area (Å²) in [5.41, 5.74) is -0.673. The normalized spacial score (nSPS) is 22.8. The van der Waals surface area contributed by atoms with Crippen molar-refractivity contribution in [1.29, 1.82) is 0 Å². The van der Waals surface area contributed by atoms with Crippen molar-refractivity contribution in [2.75, 3.05) is 32.7 Å². The van der Waals surface area contributed by atoms with Gasteiger partial charge in [-0.05, 0) is 75.4 Å².